The highest BCUT2D eigenvalue weighted by molar-refractivity contribution is 5.97. The van der Waals surface area contributed by atoms with Gasteiger partial charge in [-0.1, -0.05) is 18.2 Å². The van der Waals surface area contributed by atoms with Gasteiger partial charge in [-0.15, -0.1) is 0 Å². The van der Waals surface area contributed by atoms with Crippen LogP contribution in [0.5, 0.6) is 6.01 Å². The van der Waals surface area contributed by atoms with Crippen molar-refractivity contribution in [1.82, 2.24) is 15.0 Å². The minimum atomic E-state index is -4.51. The molecule has 8 nitrogen and oxygen atoms in total. The first-order chi connectivity index (χ1) is 16.3. The van der Waals surface area contributed by atoms with Crippen molar-refractivity contribution < 1.29 is 27.4 Å². The predicted octanol–water partition coefficient (Wildman–Crippen LogP) is 3.99. The van der Waals surface area contributed by atoms with Crippen LogP contribution in [0.3, 0.4) is 0 Å². The quantitative estimate of drug-likeness (QED) is 0.574. The van der Waals surface area contributed by atoms with Gasteiger partial charge in [0.1, 0.15) is 24.8 Å². The predicted molar refractivity (Wildman–Crippen MR) is 119 cm³/mol. The number of anilines is 2. The van der Waals surface area contributed by atoms with Gasteiger partial charge >= 0.3 is 12.2 Å². The Labute approximate surface area is 192 Å². The number of hydrogen-bond donors (Lipinski definition) is 1. The molecule has 5 rings (SSSR count). The first-order valence-electron chi connectivity index (χ1n) is 10.6. The van der Waals surface area contributed by atoms with E-state index >= 15 is 0 Å². The third kappa shape index (κ3) is 4.14. The molecule has 1 saturated heterocycles. The minimum Gasteiger partial charge on any atom is -0.459 e. The molecular weight excluding hydrogens is 451 g/mol. The van der Waals surface area contributed by atoms with E-state index in [2.05, 4.69) is 20.3 Å². The Hall–Kier alpha value is -3.73. The Morgan fingerprint density at radius 2 is 2.09 bits per heavy atom. The molecule has 0 unspecified atom stereocenters. The third-order valence-corrected chi connectivity index (χ3v) is 5.67. The van der Waals surface area contributed by atoms with E-state index in [9.17, 15) is 18.0 Å². The van der Waals surface area contributed by atoms with Crippen molar-refractivity contribution in [3.63, 3.8) is 0 Å². The van der Waals surface area contributed by atoms with E-state index in [1.54, 1.807) is 19.1 Å². The number of amides is 1. The van der Waals surface area contributed by atoms with Gasteiger partial charge in [-0.3, -0.25) is 9.69 Å². The molecule has 1 amide bonds. The number of hydrogen-bond acceptors (Lipinski definition) is 7. The maximum Gasteiger partial charge on any atom is 0.416 e. The second-order valence-electron chi connectivity index (χ2n) is 7.90. The summed E-state index contributed by atoms with van der Waals surface area (Å²) in [5.74, 6) is 0.564. The van der Waals surface area contributed by atoms with Gasteiger partial charge < -0.3 is 14.8 Å². The normalized spacial score (nSPS) is 19.6. The van der Waals surface area contributed by atoms with Crippen molar-refractivity contribution in [2.24, 2.45) is 0 Å². The summed E-state index contributed by atoms with van der Waals surface area (Å²) in [5.41, 5.74) is 0.261. The summed E-state index contributed by atoms with van der Waals surface area (Å²) < 4.78 is 51.8. The van der Waals surface area contributed by atoms with Gasteiger partial charge in [0.2, 0.25) is 0 Å². The van der Waals surface area contributed by atoms with E-state index in [-0.39, 0.29) is 30.7 Å². The first kappa shape index (κ1) is 22.1. The van der Waals surface area contributed by atoms with Gasteiger partial charge in [0, 0.05) is 5.39 Å². The number of aromatic nitrogens is 3. The summed E-state index contributed by atoms with van der Waals surface area (Å²) in [6, 6.07) is 5.30. The summed E-state index contributed by atoms with van der Waals surface area (Å²) in [4.78, 5) is 27.0. The maximum absolute atomic E-state index is 13.7. The summed E-state index contributed by atoms with van der Waals surface area (Å²) >= 11 is 0. The lowest BCUT2D eigenvalue weighted by molar-refractivity contribution is -0.137. The summed E-state index contributed by atoms with van der Waals surface area (Å²) in [6.45, 7) is 2.46. The van der Waals surface area contributed by atoms with Crippen molar-refractivity contribution in [3.05, 3.63) is 53.2 Å². The van der Waals surface area contributed by atoms with Gasteiger partial charge in [0.15, 0.2) is 0 Å². The van der Waals surface area contributed by atoms with Crippen LogP contribution in [-0.4, -0.2) is 47.2 Å². The molecule has 1 aromatic carbocycles. The van der Waals surface area contributed by atoms with Crippen molar-refractivity contribution in [3.8, 4) is 6.01 Å². The molecule has 2 aromatic heterocycles. The third-order valence-electron chi connectivity index (χ3n) is 5.67. The molecule has 2 bridgehead atoms. The zero-order valence-electron chi connectivity index (χ0n) is 18.1. The number of rotatable bonds is 1. The van der Waals surface area contributed by atoms with Crippen LogP contribution in [0.1, 0.15) is 29.7 Å². The Morgan fingerprint density at radius 3 is 2.88 bits per heavy atom. The van der Waals surface area contributed by atoms with Crippen LogP contribution < -0.4 is 15.0 Å². The number of halogens is 3. The lowest BCUT2D eigenvalue weighted by Crippen LogP contribution is -2.42. The van der Waals surface area contributed by atoms with Crippen LogP contribution in [0, 0.1) is 0 Å². The number of morpholine rings is 1. The first-order valence-corrected chi connectivity index (χ1v) is 10.6. The number of benzene rings is 1. The summed E-state index contributed by atoms with van der Waals surface area (Å²) in [6.07, 6.45) is -0.0762. The molecule has 0 aliphatic carbocycles. The number of carbonyl (C=O) groups excluding carboxylic acids is 1. The van der Waals surface area contributed by atoms with E-state index in [1.165, 1.54) is 29.3 Å². The molecule has 0 saturated carbocycles. The number of fused-ring (bicyclic) bond motifs is 5. The second kappa shape index (κ2) is 8.56. The number of carbonyl (C=O) groups is 1. The molecule has 1 N–H and O–H groups in total. The van der Waals surface area contributed by atoms with Crippen LogP contribution in [-0.2, 0) is 15.7 Å². The zero-order valence-corrected chi connectivity index (χ0v) is 18.1. The Kier molecular flexibility index (Phi) is 5.56. The Bertz CT molecular complexity index is 1290. The van der Waals surface area contributed by atoms with Gasteiger partial charge in [0.25, 0.3) is 5.91 Å². The van der Waals surface area contributed by atoms with Gasteiger partial charge in [-0.2, -0.15) is 23.1 Å². The van der Waals surface area contributed by atoms with E-state index in [4.69, 9.17) is 9.47 Å². The largest absolute Gasteiger partial charge is 0.459 e. The molecule has 2 aliphatic rings. The molecule has 4 heterocycles. The molecule has 11 heteroatoms. The fourth-order valence-electron chi connectivity index (χ4n) is 4.05. The van der Waals surface area contributed by atoms with Gasteiger partial charge in [-0.05, 0) is 36.3 Å². The van der Waals surface area contributed by atoms with Crippen molar-refractivity contribution in [1.29, 1.82) is 0 Å². The fraction of sp³-hybridized carbons (Fsp3) is 0.304. The number of ether oxygens (including phenoxy) is 2. The van der Waals surface area contributed by atoms with Crippen LogP contribution in [0.25, 0.3) is 17.0 Å². The lowest BCUT2D eigenvalue weighted by atomic mass is 9.95. The smallest absolute Gasteiger partial charge is 0.416 e. The van der Waals surface area contributed by atoms with E-state index in [0.29, 0.717) is 41.3 Å². The van der Waals surface area contributed by atoms with Gasteiger partial charge in [-0.25, -0.2) is 4.98 Å². The van der Waals surface area contributed by atoms with Crippen molar-refractivity contribution in [2.45, 2.75) is 19.1 Å². The highest BCUT2D eigenvalue weighted by Gasteiger charge is 2.34. The molecule has 3 aromatic rings. The Morgan fingerprint density at radius 1 is 1.24 bits per heavy atom. The number of nitrogens with zero attached hydrogens (tertiary/aromatic N) is 4. The second-order valence-corrected chi connectivity index (χ2v) is 7.90. The van der Waals surface area contributed by atoms with E-state index in [0.717, 1.165) is 6.07 Å². The van der Waals surface area contributed by atoms with Crippen LogP contribution in [0.4, 0.5) is 24.8 Å². The number of nitrogens with one attached hydrogen (secondary N) is 1. The van der Waals surface area contributed by atoms with E-state index < -0.39 is 17.8 Å². The topological polar surface area (TPSA) is 89.5 Å². The maximum atomic E-state index is 13.7. The van der Waals surface area contributed by atoms with Crippen LogP contribution in [0.2, 0.25) is 0 Å². The standard InChI is InChI=1S/C23H20F3N5O3/c1-13-14-4-2-6-17(23(24,25)26)15(14)5-3-8-34-22-29-18-11-27-19(10-16(18)21(28-13)30-22)31-7-9-33-12-20(31)32/h2-6,10-11,13H,7-9,12H2,1H3,(H,28,29,30)/b5-3-/t13-/m1/s1. The minimum absolute atomic E-state index is 0.0151. The van der Waals surface area contributed by atoms with Crippen molar-refractivity contribution >= 4 is 34.5 Å². The van der Waals surface area contributed by atoms with Crippen LogP contribution >= 0.6 is 0 Å². The van der Waals surface area contributed by atoms with Gasteiger partial charge in [0.05, 0.1) is 36.5 Å². The molecule has 34 heavy (non-hydrogen) atoms. The molecule has 0 radical (unpaired) electrons. The zero-order chi connectivity index (χ0) is 23.9. The van der Waals surface area contributed by atoms with Crippen LogP contribution in [0.15, 0.2) is 36.5 Å². The summed E-state index contributed by atoms with van der Waals surface area (Å²) in [5, 5.41) is 3.77. The molecule has 1 fully saturated rings. The average molecular weight is 471 g/mol. The average Bonchev–Trinajstić information content (AvgIpc) is 2.83. The number of alkyl halides is 3. The molecular formula is C23H20F3N5O3. The lowest BCUT2D eigenvalue weighted by Gasteiger charge is -2.26. The van der Waals surface area contributed by atoms with Crippen molar-refractivity contribution in [2.75, 3.05) is 36.6 Å². The molecule has 176 valence electrons. The molecule has 2 aliphatic heterocycles. The molecule has 0 spiro atoms. The molecule has 1 atom stereocenters. The monoisotopic (exact) mass is 471 g/mol. The fourth-order valence-corrected chi connectivity index (χ4v) is 4.05. The SMILES string of the molecule is C[C@H]1Nc2nc(nc3cnc(N4CCOCC4=O)cc23)OC/C=C\c2c1cccc2C(F)(F)F. The Balaban J connectivity index is 1.61. The summed E-state index contributed by atoms with van der Waals surface area (Å²) in [7, 11) is 0. The highest BCUT2D eigenvalue weighted by Crippen LogP contribution is 2.37. The van der Waals surface area contributed by atoms with E-state index in [1.807, 2.05) is 0 Å². The number of pyridine rings is 1. The highest BCUT2D eigenvalue weighted by atomic mass is 19.4.